The molecule has 1 aromatic heterocycles. The number of para-hydroxylation sites is 1. The highest BCUT2D eigenvalue weighted by Crippen LogP contribution is 2.27. The minimum absolute atomic E-state index is 0.0309. The van der Waals surface area contributed by atoms with E-state index >= 15 is 0 Å². The van der Waals surface area contributed by atoms with Gasteiger partial charge in [0, 0.05) is 37.7 Å². The summed E-state index contributed by atoms with van der Waals surface area (Å²) in [6.07, 6.45) is 4.49. The zero-order valence-corrected chi connectivity index (χ0v) is 17.5. The van der Waals surface area contributed by atoms with Gasteiger partial charge in [-0.15, -0.1) is 0 Å². The molecule has 1 aliphatic rings. The molecule has 30 heavy (non-hydrogen) atoms. The van der Waals surface area contributed by atoms with Crippen LogP contribution in [0.5, 0.6) is 0 Å². The summed E-state index contributed by atoms with van der Waals surface area (Å²) in [5.41, 5.74) is 4.45. The van der Waals surface area contributed by atoms with E-state index in [9.17, 15) is 4.79 Å². The monoisotopic (exact) mass is 416 g/mol. The van der Waals surface area contributed by atoms with Crippen molar-refractivity contribution < 1.29 is 4.79 Å². The Morgan fingerprint density at radius 1 is 1.00 bits per heavy atom. The number of aromatic nitrogens is 1. The van der Waals surface area contributed by atoms with Crippen LogP contribution >= 0.6 is 12.2 Å². The summed E-state index contributed by atoms with van der Waals surface area (Å²) in [4.78, 5) is 20.9. The lowest BCUT2D eigenvalue weighted by atomic mass is 10.2. The van der Waals surface area contributed by atoms with Crippen molar-refractivity contribution in [3.05, 3.63) is 95.8 Å². The first-order valence-corrected chi connectivity index (χ1v) is 10.5. The molecule has 0 fully saturated rings. The Balaban J connectivity index is 1.41. The van der Waals surface area contributed by atoms with E-state index < -0.39 is 0 Å². The first kappa shape index (κ1) is 20.0. The fourth-order valence-corrected chi connectivity index (χ4v) is 3.87. The van der Waals surface area contributed by atoms with Crippen molar-refractivity contribution in [2.75, 3.05) is 18.0 Å². The third-order valence-corrected chi connectivity index (χ3v) is 5.58. The quantitative estimate of drug-likeness (QED) is 0.623. The van der Waals surface area contributed by atoms with Crippen LogP contribution in [0.1, 0.15) is 16.7 Å². The molecule has 152 valence electrons. The third kappa shape index (κ3) is 4.83. The number of carbonyl (C=O) groups is 1. The highest BCUT2D eigenvalue weighted by Gasteiger charge is 2.24. The van der Waals surface area contributed by atoms with Gasteiger partial charge >= 0.3 is 0 Å². The van der Waals surface area contributed by atoms with Crippen LogP contribution in [-0.4, -0.2) is 34.0 Å². The average Bonchev–Trinajstić information content (AvgIpc) is 3.22. The molecule has 2 aromatic carbocycles. The summed E-state index contributed by atoms with van der Waals surface area (Å²) in [6, 6.07) is 22.2. The van der Waals surface area contributed by atoms with E-state index in [1.165, 1.54) is 5.56 Å². The van der Waals surface area contributed by atoms with E-state index in [-0.39, 0.29) is 12.5 Å². The van der Waals surface area contributed by atoms with Gasteiger partial charge in [-0.05, 0) is 47.5 Å². The minimum atomic E-state index is 0.0309. The molecule has 0 saturated heterocycles. The predicted octanol–water partition coefficient (Wildman–Crippen LogP) is 3.55. The van der Waals surface area contributed by atoms with E-state index in [2.05, 4.69) is 33.4 Å². The molecule has 1 N–H and O–H groups in total. The smallest absolute Gasteiger partial charge is 0.246 e. The van der Waals surface area contributed by atoms with Crippen molar-refractivity contribution in [2.45, 2.75) is 19.5 Å². The molecule has 1 amide bonds. The Labute approximate surface area is 182 Å². The minimum Gasteiger partial charge on any atom is -0.353 e. The second-order valence-electron chi connectivity index (χ2n) is 7.29. The number of nitrogens with one attached hydrogen (secondary N) is 1. The predicted molar refractivity (Wildman–Crippen MR) is 123 cm³/mol. The number of thiocarbonyl (C=S) groups is 1. The summed E-state index contributed by atoms with van der Waals surface area (Å²) in [5.74, 6) is 0.0309. The summed E-state index contributed by atoms with van der Waals surface area (Å²) < 4.78 is 0. The molecule has 0 radical (unpaired) electrons. The Kier molecular flexibility index (Phi) is 6.35. The lowest BCUT2D eigenvalue weighted by Crippen LogP contribution is -2.44. The van der Waals surface area contributed by atoms with E-state index in [4.69, 9.17) is 12.2 Å². The highest BCUT2D eigenvalue weighted by atomic mass is 32.1. The molecule has 4 rings (SSSR count). The number of nitrogens with zero attached hydrogens (tertiary/aromatic N) is 3. The number of rotatable bonds is 6. The van der Waals surface area contributed by atoms with Crippen molar-refractivity contribution in [3.8, 4) is 0 Å². The molecule has 0 bridgehead atoms. The molecule has 2 heterocycles. The fourth-order valence-electron chi connectivity index (χ4n) is 3.67. The second kappa shape index (κ2) is 9.50. The number of fused-ring (bicyclic) bond motifs is 1. The zero-order valence-electron chi connectivity index (χ0n) is 16.7. The molecule has 5 nitrogen and oxygen atoms in total. The number of hydrogen-bond acceptors (Lipinski definition) is 3. The maximum absolute atomic E-state index is 12.8. The van der Waals surface area contributed by atoms with Crippen molar-refractivity contribution in [3.63, 3.8) is 0 Å². The summed E-state index contributed by atoms with van der Waals surface area (Å²) >= 11 is 5.67. The van der Waals surface area contributed by atoms with Crippen molar-refractivity contribution in [1.29, 1.82) is 0 Å². The SMILES string of the molecule is O=C(CNC(=S)N(Cc1ccccc1)Cc1cccnc1)N1CCc2ccccc21. The number of amides is 1. The lowest BCUT2D eigenvalue weighted by molar-refractivity contribution is -0.117. The van der Waals surface area contributed by atoms with Crippen LogP contribution in [0, 0.1) is 0 Å². The van der Waals surface area contributed by atoms with Gasteiger partial charge in [0.15, 0.2) is 5.11 Å². The summed E-state index contributed by atoms with van der Waals surface area (Å²) in [6.45, 7) is 2.17. The van der Waals surface area contributed by atoms with E-state index in [1.807, 2.05) is 59.6 Å². The lowest BCUT2D eigenvalue weighted by Gasteiger charge is -2.27. The molecular formula is C24H24N4OS. The number of benzene rings is 2. The van der Waals surface area contributed by atoms with Gasteiger partial charge in [0.2, 0.25) is 5.91 Å². The summed E-state index contributed by atoms with van der Waals surface area (Å²) in [7, 11) is 0. The van der Waals surface area contributed by atoms with Crippen molar-refractivity contribution in [1.82, 2.24) is 15.2 Å². The van der Waals surface area contributed by atoms with Gasteiger partial charge in [0.05, 0.1) is 6.54 Å². The van der Waals surface area contributed by atoms with Gasteiger partial charge in [-0.2, -0.15) is 0 Å². The molecular weight excluding hydrogens is 392 g/mol. The maximum Gasteiger partial charge on any atom is 0.246 e. The van der Waals surface area contributed by atoms with Gasteiger partial charge in [-0.3, -0.25) is 9.78 Å². The summed E-state index contributed by atoms with van der Waals surface area (Å²) in [5, 5.41) is 3.74. The molecule has 0 saturated carbocycles. The van der Waals surface area contributed by atoms with Crippen molar-refractivity contribution in [2.24, 2.45) is 0 Å². The Morgan fingerprint density at radius 3 is 2.53 bits per heavy atom. The topological polar surface area (TPSA) is 48.5 Å². The fraction of sp³-hybridized carbons (Fsp3) is 0.208. The van der Waals surface area contributed by atoms with Crippen LogP contribution in [0.2, 0.25) is 0 Å². The van der Waals surface area contributed by atoms with Crippen LogP contribution in [0.15, 0.2) is 79.1 Å². The van der Waals surface area contributed by atoms with Crippen LogP contribution in [0.4, 0.5) is 5.69 Å². The van der Waals surface area contributed by atoms with E-state index in [1.54, 1.807) is 6.20 Å². The largest absolute Gasteiger partial charge is 0.353 e. The second-order valence-corrected chi connectivity index (χ2v) is 7.67. The normalized spacial score (nSPS) is 12.3. The Morgan fingerprint density at radius 2 is 1.73 bits per heavy atom. The first-order chi connectivity index (χ1) is 14.7. The average molecular weight is 417 g/mol. The number of anilines is 1. The van der Waals surface area contributed by atoms with Gasteiger partial charge in [0.1, 0.15) is 0 Å². The first-order valence-electron chi connectivity index (χ1n) is 10.0. The highest BCUT2D eigenvalue weighted by molar-refractivity contribution is 7.80. The molecule has 1 aliphatic heterocycles. The van der Waals surface area contributed by atoms with Gasteiger partial charge in [-0.1, -0.05) is 54.6 Å². The molecule has 0 unspecified atom stereocenters. The zero-order chi connectivity index (χ0) is 20.8. The molecule has 0 aliphatic carbocycles. The molecule has 3 aromatic rings. The van der Waals surface area contributed by atoms with Crippen LogP contribution in [-0.2, 0) is 24.3 Å². The molecule has 0 spiro atoms. The molecule has 0 atom stereocenters. The van der Waals surface area contributed by atoms with Crippen LogP contribution in [0.25, 0.3) is 0 Å². The van der Waals surface area contributed by atoms with Gasteiger partial charge in [-0.25, -0.2) is 0 Å². The Hall–Kier alpha value is -3.25. The van der Waals surface area contributed by atoms with Crippen LogP contribution in [0.3, 0.4) is 0 Å². The maximum atomic E-state index is 12.8. The third-order valence-electron chi connectivity index (χ3n) is 5.18. The number of carbonyl (C=O) groups excluding carboxylic acids is 1. The van der Waals surface area contributed by atoms with Gasteiger partial charge < -0.3 is 15.1 Å². The standard InChI is InChI=1S/C24H24N4OS/c29-23(28-14-12-21-10-4-5-11-22(21)28)16-26-24(30)27(17-19-7-2-1-3-8-19)18-20-9-6-13-25-15-20/h1-11,13,15H,12,14,16-18H2,(H,26,30). The molecule has 6 heteroatoms. The number of hydrogen-bond donors (Lipinski definition) is 1. The van der Waals surface area contributed by atoms with Crippen molar-refractivity contribution >= 4 is 28.9 Å². The van der Waals surface area contributed by atoms with Gasteiger partial charge in [0.25, 0.3) is 0 Å². The Bertz CT molecular complexity index is 968. The van der Waals surface area contributed by atoms with E-state index in [0.717, 1.165) is 29.8 Å². The van der Waals surface area contributed by atoms with Crippen LogP contribution < -0.4 is 10.2 Å². The van der Waals surface area contributed by atoms with E-state index in [0.29, 0.717) is 18.2 Å². The number of pyridine rings is 1.